The number of rotatable bonds is 9. The Balaban J connectivity index is 3.21. The number of hydrogen-bond donors (Lipinski definition) is 0. The Hall–Kier alpha value is -1.05. The van der Waals surface area contributed by atoms with Gasteiger partial charge in [-0.3, -0.25) is 4.79 Å². The zero-order valence-electron chi connectivity index (χ0n) is 10.6. The molecule has 0 spiro atoms. The van der Waals surface area contributed by atoms with Crippen molar-refractivity contribution in [2.75, 3.05) is 0 Å². The zero-order valence-corrected chi connectivity index (χ0v) is 10.6. The monoisotopic (exact) mass is 224 g/mol. The first-order valence-electron chi connectivity index (χ1n) is 6.24. The molecule has 0 heterocycles. The molecule has 0 amide bonds. The number of carbonyl (C=O) groups excluding carboxylic acids is 1. The van der Waals surface area contributed by atoms with Gasteiger partial charge in [-0.25, -0.2) is 0 Å². The van der Waals surface area contributed by atoms with Gasteiger partial charge in [0.2, 0.25) is 0 Å². The molecule has 2 heteroatoms. The van der Waals surface area contributed by atoms with Crippen LogP contribution in [-0.4, -0.2) is 5.97 Å². The summed E-state index contributed by atoms with van der Waals surface area (Å²) in [6.45, 7) is 3.63. The Morgan fingerprint density at radius 1 is 1.06 bits per heavy atom. The molecular weight excluding hydrogens is 200 g/mol. The van der Waals surface area contributed by atoms with Gasteiger partial charge in [0.05, 0.1) is 6.26 Å². The van der Waals surface area contributed by atoms with Crippen molar-refractivity contribution in [3.63, 3.8) is 0 Å². The first-order valence-corrected chi connectivity index (χ1v) is 6.24. The Morgan fingerprint density at radius 3 is 2.50 bits per heavy atom. The summed E-state index contributed by atoms with van der Waals surface area (Å²) in [7, 11) is 0. The first kappa shape index (κ1) is 14.9. The number of allylic oxidation sites excluding steroid dienone is 3. The standard InChI is InChI=1S/C14H24O2/c1-3-4-5-6-7-8-9-10-11-12-13-16-14(2)15/h9-10,12-13H,3-8,11H2,1-2H3/b10-9+,13-12+. The maximum absolute atomic E-state index is 10.4. The normalized spacial score (nSPS) is 11.4. The van der Waals surface area contributed by atoms with Crippen molar-refractivity contribution in [2.45, 2.75) is 58.8 Å². The predicted molar refractivity (Wildman–Crippen MR) is 68.0 cm³/mol. The molecule has 0 radical (unpaired) electrons. The molecule has 0 N–H and O–H groups in total. The van der Waals surface area contributed by atoms with Crippen LogP contribution >= 0.6 is 0 Å². The third kappa shape index (κ3) is 12.9. The van der Waals surface area contributed by atoms with Crippen LogP contribution in [0, 0.1) is 0 Å². The van der Waals surface area contributed by atoms with E-state index in [0.717, 1.165) is 12.8 Å². The first-order chi connectivity index (χ1) is 7.77. The highest BCUT2D eigenvalue weighted by molar-refractivity contribution is 5.66. The van der Waals surface area contributed by atoms with Crippen molar-refractivity contribution in [3.8, 4) is 0 Å². The van der Waals surface area contributed by atoms with Crippen molar-refractivity contribution in [3.05, 3.63) is 24.5 Å². The quantitative estimate of drug-likeness (QED) is 0.251. The number of esters is 1. The second kappa shape index (κ2) is 12.0. The Morgan fingerprint density at radius 2 is 1.81 bits per heavy atom. The average Bonchev–Trinajstić information content (AvgIpc) is 2.25. The van der Waals surface area contributed by atoms with Gasteiger partial charge < -0.3 is 4.74 Å². The van der Waals surface area contributed by atoms with E-state index in [9.17, 15) is 4.79 Å². The lowest BCUT2D eigenvalue weighted by Crippen LogP contribution is -1.88. The van der Waals surface area contributed by atoms with E-state index in [-0.39, 0.29) is 5.97 Å². The van der Waals surface area contributed by atoms with E-state index in [4.69, 9.17) is 0 Å². The minimum absolute atomic E-state index is 0.267. The lowest BCUT2D eigenvalue weighted by atomic mass is 10.1. The maximum Gasteiger partial charge on any atom is 0.307 e. The van der Waals surface area contributed by atoms with E-state index in [2.05, 4.69) is 23.8 Å². The third-order valence-corrected chi connectivity index (χ3v) is 2.24. The van der Waals surface area contributed by atoms with Crippen LogP contribution in [-0.2, 0) is 9.53 Å². The fraction of sp³-hybridized carbons (Fsp3) is 0.643. The van der Waals surface area contributed by atoms with Gasteiger partial charge in [-0.05, 0) is 25.3 Å². The molecule has 0 rings (SSSR count). The molecule has 92 valence electrons. The summed E-state index contributed by atoms with van der Waals surface area (Å²) in [5.41, 5.74) is 0. The van der Waals surface area contributed by atoms with Gasteiger partial charge in [0.25, 0.3) is 0 Å². The molecule has 0 aromatic heterocycles. The number of unbranched alkanes of at least 4 members (excludes halogenated alkanes) is 5. The molecular formula is C14H24O2. The van der Waals surface area contributed by atoms with Crippen LogP contribution in [0.5, 0.6) is 0 Å². The summed E-state index contributed by atoms with van der Waals surface area (Å²) in [6, 6.07) is 0. The molecule has 0 saturated heterocycles. The maximum atomic E-state index is 10.4. The van der Waals surface area contributed by atoms with E-state index in [1.807, 2.05) is 6.08 Å². The van der Waals surface area contributed by atoms with Gasteiger partial charge in [-0.15, -0.1) is 0 Å². The summed E-state index contributed by atoms with van der Waals surface area (Å²) in [6.07, 6.45) is 16.2. The molecule has 0 unspecified atom stereocenters. The minimum atomic E-state index is -0.267. The van der Waals surface area contributed by atoms with E-state index in [0.29, 0.717) is 0 Å². The largest absolute Gasteiger partial charge is 0.435 e. The molecule has 16 heavy (non-hydrogen) atoms. The summed E-state index contributed by atoms with van der Waals surface area (Å²) in [5.74, 6) is -0.267. The number of hydrogen-bond acceptors (Lipinski definition) is 2. The molecule has 0 aliphatic carbocycles. The molecule has 0 saturated carbocycles. The summed E-state index contributed by atoms with van der Waals surface area (Å²) in [4.78, 5) is 10.4. The highest BCUT2D eigenvalue weighted by Gasteiger charge is 1.86. The van der Waals surface area contributed by atoms with Crippen LogP contribution in [0.1, 0.15) is 58.8 Å². The number of carbonyl (C=O) groups is 1. The smallest absolute Gasteiger partial charge is 0.307 e. The molecule has 2 nitrogen and oxygen atoms in total. The highest BCUT2D eigenvalue weighted by Crippen LogP contribution is 2.05. The Kier molecular flexibility index (Phi) is 11.2. The highest BCUT2D eigenvalue weighted by atomic mass is 16.5. The molecule has 0 bridgehead atoms. The molecule has 0 fully saturated rings. The lowest BCUT2D eigenvalue weighted by Gasteiger charge is -1.95. The van der Waals surface area contributed by atoms with Gasteiger partial charge in [0.1, 0.15) is 0 Å². The second-order valence-corrected chi connectivity index (χ2v) is 3.89. The summed E-state index contributed by atoms with van der Waals surface area (Å²) < 4.78 is 4.66. The van der Waals surface area contributed by atoms with Crippen LogP contribution in [0.15, 0.2) is 24.5 Å². The van der Waals surface area contributed by atoms with Gasteiger partial charge in [0.15, 0.2) is 0 Å². The van der Waals surface area contributed by atoms with E-state index in [1.54, 1.807) is 0 Å². The van der Waals surface area contributed by atoms with E-state index >= 15 is 0 Å². The molecule has 0 aliphatic rings. The van der Waals surface area contributed by atoms with Crippen molar-refractivity contribution in [1.82, 2.24) is 0 Å². The third-order valence-electron chi connectivity index (χ3n) is 2.24. The van der Waals surface area contributed by atoms with Crippen molar-refractivity contribution < 1.29 is 9.53 Å². The van der Waals surface area contributed by atoms with Gasteiger partial charge in [-0.2, -0.15) is 0 Å². The lowest BCUT2D eigenvalue weighted by molar-refractivity contribution is -0.135. The molecule has 0 aromatic rings. The van der Waals surface area contributed by atoms with Crippen LogP contribution in [0.2, 0.25) is 0 Å². The zero-order chi connectivity index (χ0) is 12.1. The van der Waals surface area contributed by atoms with Crippen molar-refractivity contribution in [1.29, 1.82) is 0 Å². The van der Waals surface area contributed by atoms with Gasteiger partial charge in [0, 0.05) is 6.92 Å². The van der Waals surface area contributed by atoms with Crippen molar-refractivity contribution in [2.24, 2.45) is 0 Å². The van der Waals surface area contributed by atoms with Gasteiger partial charge >= 0.3 is 5.97 Å². The van der Waals surface area contributed by atoms with Crippen LogP contribution < -0.4 is 0 Å². The van der Waals surface area contributed by atoms with E-state index < -0.39 is 0 Å². The van der Waals surface area contributed by atoms with E-state index in [1.165, 1.54) is 45.3 Å². The molecule has 0 aliphatic heterocycles. The second-order valence-electron chi connectivity index (χ2n) is 3.89. The summed E-state index contributed by atoms with van der Waals surface area (Å²) >= 11 is 0. The predicted octanol–water partition coefficient (Wildman–Crippen LogP) is 4.37. The van der Waals surface area contributed by atoms with Crippen LogP contribution in [0.25, 0.3) is 0 Å². The topological polar surface area (TPSA) is 26.3 Å². The Bertz CT molecular complexity index is 217. The van der Waals surface area contributed by atoms with Gasteiger partial charge in [-0.1, -0.05) is 44.8 Å². The fourth-order valence-electron chi connectivity index (χ4n) is 1.36. The van der Waals surface area contributed by atoms with Crippen LogP contribution in [0.3, 0.4) is 0 Å². The minimum Gasteiger partial charge on any atom is -0.435 e. The fourth-order valence-corrected chi connectivity index (χ4v) is 1.36. The number of ether oxygens (including phenoxy) is 1. The molecule has 0 aromatic carbocycles. The SMILES string of the molecule is CCCCCCC/C=C/C/C=C/OC(C)=O. The van der Waals surface area contributed by atoms with Crippen LogP contribution in [0.4, 0.5) is 0 Å². The molecule has 0 atom stereocenters. The van der Waals surface area contributed by atoms with Crippen molar-refractivity contribution >= 4 is 5.97 Å². The average molecular weight is 224 g/mol. The summed E-state index contributed by atoms with van der Waals surface area (Å²) in [5, 5.41) is 0. The Labute approximate surface area is 99.4 Å².